The second-order valence-corrected chi connectivity index (χ2v) is 7.05. The molecule has 0 aliphatic heterocycles. The second kappa shape index (κ2) is 6.70. The summed E-state index contributed by atoms with van der Waals surface area (Å²) in [6, 6.07) is 6.88. The Bertz CT molecular complexity index is 741. The molecule has 2 aliphatic carbocycles. The van der Waals surface area contributed by atoms with Gasteiger partial charge in [-0.3, -0.25) is 14.4 Å². The molecular formula is C19H22N2O4. The minimum absolute atomic E-state index is 0.0186. The van der Waals surface area contributed by atoms with Crippen molar-refractivity contribution in [2.75, 3.05) is 10.6 Å². The lowest BCUT2D eigenvalue weighted by molar-refractivity contribution is -0.146. The van der Waals surface area contributed by atoms with E-state index in [0.717, 1.165) is 6.42 Å². The molecule has 6 heteroatoms. The van der Waals surface area contributed by atoms with Gasteiger partial charge in [-0.2, -0.15) is 0 Å². The number of anilines is 2. The molecule has 25 heavy (non-hydrogen) atoms. The minimum atomic E-state index is -0.921. The molecule has 0 spiro atoms. The topological polar surface area (TPSA) is 95.5 Å². The van der Waals surface area contributed by atoms with Crippen LogP contribution in [0.3, 0.4) is 0 Å². The zero-order valence-corrected chi connectivity index (χ0v) is 14.2. The number of amides is 2. The maximum atomic E-state index is 12.7. The lowest BCUT2D eigenvalue weighted by Crippen LogP contribution is -2.36. The summed E-state index contributed by atoms with van der Waals surface area (Å²) in [7, 11) is 0. The van der Waals surface area contributed by atoms with Crippen molar-refractivity contribution in [3.05, 3.63) is 36.4 Å². The van der Waals surface area contributed by atoms with E-state index in [1.807, 2.05) is 12.2 Å². The smallest absolute Gasteiger partial charge is 0.307 e. The molecule has 1 aromatic rings. The number of hydrogen-bond donors (Lipinski definition) is 3. The van der Waals surface area contributed by atoms with Crippen LogP contribution in [-0.2, 0) is 14.4 Å². The second-order valence-electron chi connectivity index (χ2n) is 7.05. The number of carbonyl (C=O) groups is 3. The first-order chi connectivity index (χ1) is 11.9. The van der Waals surface area contributed by atoms with Gasteiger partial charge in [0.25, 0.3) is 0 Å². The van der Waals surface area contributed by atoms with Crippen LogP contribution in [0.4, 0.5) is 11.4 Å². The molecule has 1 aromatic carbocycles. The number of carbonyl (C=O) groups excluding carboxylic acids is 2. The number of hydrogen-bond acceptors (Lipinski definition) is 3. The average molecular weight is 342 g/mol. The minimum Gasteiger partial charge on any atom is -0.481 e. The number of carboxylic acid groups (broad SMARTS) is 1. The molecule has 0 unspecified atom stereocenters. The van der Waals surface area contributed by atoms with Crippen LogP contribution < -0.4 is 10.6 Å². The number of benzene rings is 1. The number of carboxylic acids is 1. The molecule has 6 nitrogen and oxygen atoms in total. The fourth-order valence-corrected chi connectivity index (χ4v) is 3.70. The Morgan fingerprint density at radius 1 is 1.04 bits per heavy atom. The molecule has 2 amide bonds. The van der Waals surface area contributed by atoms with Crippen LogP contribution in [0.15, 0.2) is 36.4 Å². The molecule has 4 atom stereocenters. The molecule has 132 valence electrons. The van der Waals surface area contributed by atoms with Gasteiger partial charge in [-0.15, -0.1) is 0 Å². The van der Waals surface area contributed by atoms with Crippen molar-refractivity contribution in [2.24, 2.45) is 29.6 Å². The highest BCUT2D eigenvalue weighted by Crippen LogP contribution is 2.48. The molecule has 0 radical (unpaired) electrons. The first-order valence-corrected chi connectivity index (χ1v) is 8.49. The van der Waals surface area contributed by atoms with Crippen molar-refractivity contribution in [2.45, 2.75) is 20.3 Å². The first kappa shape index (κ1) is 17.2. The van der Waals surface area contributed by atoms with Crippen LogP contribution in [0.2, 0.25) is 0 Å². The van der Waals surface area contributed by atoms with Gasteiger partial charge in [-0.05, 0) is 36.5 Å². The Hall–Kier alpha value is -2.63. The van der Waals surface area contributed by atoms with Gasteiger partial charge in [-0.25, -0.2) is 0 Å². The molecule has 0 heterocycles. The Kier molecular flexibility index (Phi) is 4.61. The molecule has 3 rings (SSSR count). The summed E-state index contributed by atoms with van der Waals surface area (Å²) in [6.07, 6.45) is 4.59. The van der Waals surface area contributed by atoms with Crippen molar-refractivity contribution >= 4 is 29.2 Å². The van der Waals surface area contributed by atoms with Crippen molar-refractivity contribution in [3.63, 3.8) is 0 Å². The lowest BCUT2D eigenvalue weighted by Gasteiger charge is -2.24. The van der Waals surface area contributed by atoms with E-state index in [1.54, 1.807) is 38.1 Å². The number of fused-ring (bicyclic) bond motifs is 2. The summed E-state index contributed by atoms with van der Waals surface area (Å²) in [5.41, 5.74) is 1.14. The number of allylic oxidation sites excluding steroid dienone is 2. The van der Waals surface area contributed by atoms with E-state index >= 15 is 0 Å². The third kappa shape index (κ3) is 3.43. The Morgan fingerprint density at radius 2 is 1.64 bits per heavy atom. The standard InChI is InChI=1S/C19H22N2O4/c1-10(2)17(22)20-13-4-3-5-14(9-13)21-18(23)15-11-6-7-12(8-11)16(15)19(24)25/h3-7,9-12,15-16H,8H2,1-2H3,(H,20,22)(H,21,23)(H,24,25)/t11-,12-,15+,16-/m0/s1. The first-order valence-electron chi connectivity index (χ1n) is 8.49. The Labute approximate surface area is 146 Å². The zero-order valence-electron chi connectivity index (χ0n) is 14.2. The maximum absolute atomic E-state index is 12.7. The highest BCUT2D eigenvalue weighted by atomic mass is 16.4. The van der Waals surface area contributed by atoms with E-state index < -0.39 is 17.8 Å². The van der Waals surface area contributed by atoms with Crippen LogP contribution in [0, 0.1) is 29.6 Å². The van der Waals surface area contributed by atoms with E-state index in [-0.39, 0.29) is 29.6 Å². The van der Waals surface area contributed by atoms with Crippen LogP contribution in [0.1, 0.15) is 20.3 Å². The molecule has 3 N–H and O–H groups in total. The summed E-state index contributed by atoms with van der Waals surface area (Å²) in [6.45, 7) is 3.60. The largest absolute Gasteiger partial charge is 0.481 e. The molecule has 0 saturated heterocycles. The normalized spacial score (nSPS) is 26.7. The zero-order chi connectivity index (χ0) is 18.1. The van der Waals surface area contributed by atoms with E-state index in [1.165, 1.54) is 0 Å². The Balaban J connectivity index is 1.72. The number of aliphatic carboxylic acids is 1. The third-order valence-electron chi connectivity index (χ3n) is 4.97. The van der Waals surface area contributed by atoms with Gasteiger partial charge in [0.2, 0.25) is 11.8 Å². The van der Waals surface area contributed by atoms with E-state index in [2.05, 4.69) is 10.6 Å². The van der Waals surface area contributed by atoms with Crippen LogP contribution in [0.25, 0.3) is 0 Å². The van der Waals surface area contributed by atoms with Gasteiger partial charge in [0.15, 0.2) is 0 Å². The van der Waals surface area contributed by atoms with Crippen LogP contribution in [-0.4, -0.2) is 22.9 Å². The number of rotatable bonds is 5. The van der Waals surface area contributed by atoms with E-state index in [0.29, 0.717) is 11.4 Å². The van der Waals surface area contributed by atoms with Crippen molar-refractivity contribution < 1.29 is 19.5 Å². The molecule has 1 saturated carbocycles. The van der Waals surface area contributed by atoms with Gasteiger partial charge in [-0.1, -0.05) is 32.1 Å². The van der Waals surface area contributed by atoms with Gasteiger partial charge in [0.1, 0.15) is 0 Å². The quantitative estimate of drug-likeness (QED) is 0.717. The third-order valence-corrected chi connectivity index (χ3v) is 4.97. The van der Waals surface area contributed by atoms with E-state index in [9.17, 15) is 19.5 Å². The molecule has 0 aromatic heterocycles. The predicted molar refractivity (Wildman–Crippen MR) is 93.9 cm³/mol. The highest BCUT2D eigenvalue weighted by Gasteiger charge is 2.51. The number of nitrogens with one attached hydrogen (secondary N) is 2. The Morgan fingerprint density at radius 3 is 2.24 bits per heavy atom. The van der Waals surface area contributed by atoms with Gasteiger partial charge in [0.05, 0.1) is 11.8 Å². The van der Waals surface area contributed by atoms with Gasteiger partial charge >= 0.3 is 5.97 Å². The van der Waals surface area contributed by atoms with Crippen molar-refractivity contribution in [3.8, 4) is 0 Å². The van der Waals surface area contributed by atoms with Gasteiger partial charge < -0.3 is 15.7 Å². The van der Waals surface area contributed by atoms with E-state index in [4.69, 9.17) is 0 Å². The monoisotopic (exact) mass is 342 g/mol. The lowest BCUT2D eigenvalue weighted by atomic mass is 9.82. The summed E-state index contributed by atoms with van der Waals surface area (Å²) < 4.78 is 0. The fraction of sp³-hybridized carbons (Fsp3) is 0.421. The summed E-state index contributed by atoms with van der Waals surface area (Å²) in [5, 5.41) is 15.0. The maximum Gasteiger partial charge on any atom is 0.307 e. The molecular weight excluding hydrogens is 320 g/mol. The summed E-state index contributed by atoms with van der Waals surface area (Å²) in [4.78, 5) is 36.0. The summed E-state index contributed by atoms with van der Waals surface area (Å²) in [5.74, 6) is -2.75. The molecule has 1 fully saturated rings. The SMILES string of the molecule is CC(C)C(=O)Nc1cccc(NC(=O)[C@H]2[C@@H](C(=O)O)[C@H]3C=C[C@H]2C3)c1. The van der Waals surface area contributed by atoms with Crippen molar-refractivity contribution in [1.82, 2.24) is 0 Å². The predicted octanol–water partition coefficient (Wildman–Crippen LogP) is 2.74. The summed E-state index contributed by atoms with van der Waals surface area (Å²) >= 11 is 0. The molecule has 2 aliphatic rings. The van der Waals surface area contributed by atoms with Crippen LogP contribution in [0.5, 0.6) is 0 Å². The van der Waals surface area contributed by atoms with Crippen LogP contribution >= 0.6 is 0 Å². The average Bonchev–Trinajstić information content (AvgIpc) is 3.15. The molecule has 2 bridgehead atoms. The highest BCUT2D eigenvalue weighted by molar-refractivity contribution is 5.97. The van der Waals surface area contributed by atoms with Gasteiger partial charge in [0, 0.05) is 17.3 Å². The fourth-order valence-electron chi connectivity index (χ4n) is 3.70. The van der Waals surface area contributed by atoms with Crippen molar-refractivity contribution in [1.29, 1.82) is 0 Å².